The Morgan fingerprint density at radius 1 is 1.50 bits per heavy atom. The minimum absolute atomic E-state index is 0.499. The van der Waals surface area contributed by atoms with Crippen molar-refractivity contribution in [3.05, 3.63) is 24.9 Å². The average molecular weight is 136 g/mol. The second-order valence-electron chi connectivity index (χ2n) is 1.90. The monoisotopic (exact) mass is 136 g/mol. The Morgan fingerprint density at radius 2 is 2.50 bits per heavy atom. The van der Waals surface area contributed by atoms with Crippen molar-refractivity contribution < 1.29 is 9.47 Å². The van der Waals surface area contributed by atoms with Crippen LogP contribution in [0.4, 0.5) is 0 Å². The first kappa shape index (κ1) is 5.53. The molecule has 1 aromatic rings. The van der Waals surface area contributed by atoms with Crippen molar-refractivity contribution in [2.45, 2.75) is 0 Å². The van der Waals surface area contributed by atoms with E-state index in [0.29, 0.717) is 18.2 Å². The second kappa shape index (κ2) is 2.17. The summed E-state index contributed by atoms with van der Waals surface area (Å²) in [5, 5.41) is 0. The van der Waals surface area contributed by atoms with Crippen molar-refractivity contribution >= 4 is 0 Å². The van der Waals surface area contributed by atoms with Gasteiger partial charge in [0.1, 0.15) is 6.61 Å². The van der Waals surface area contributed by atoms with Gasteiger partial charge in [-0.05, 0) is 12.1 Å². The van der Waals surface area contributed by atoms with E-state index in [4.69, 9.17) is 9.47 Å². The fourth-order valence-corrected chi connectivity index (χ4v) is 0.811. The summed E-state index contributed by atoms with van der Waals surface area (Å²) in [7, 11) is 0. The van der Waals surface area contributed by atoms with E-state index in [9.17, 15) is 0 Å². The zero-order chi connectivity index (χ0) is 6.81. The number of ether oxygens (including phenoxy) is 2. The van der Waals surface area contributed by atoms with E-state index in [1.807, 2.05) is 12.1 Å². The number of hydrogen-bond donors (Lipinski definition) is 0. The summed E-state index contributed by atoms with van der Waals surface area (Å²) < 4.78 is 10.2. The molecule has 1 aliphatic heterocycles. The highest BCUT2D eigenvalue weighted by Crippen LogP contribution is 2.26. The lowest BCUT2D eigenvalue weighted by Gasteiger charge is -2.14. The topological polar surface area (TPSA) is 31.4 Å². The molecule has 10 heavy (non-hydrogen) atoms. The molecule has 0 aromatic carbocycles. The molecule has 51 valence electrons. The summed E-state index contributed by atoms with van der Waals surface area (Å²) in [5.41, 5.74) is 0. The number of fused-ring (bicyclic) bond motifs is 1. The highest BCUT2D eigenvalue weighted by molar-refractivity contribution is 5.34. The Morgan fingerprint density at radius 3 is 3.40 bits per heavy atom. The molecule has 0 aliphatic carbocycles. The average Bonchev–Trinajstić information content (AvgIpc) is 2.05. The Labute approximate surface area is 58.6 Å². The summed E-state index contributed by atoms with van der Waals surface area (Å²) in [6.07, 6.45) is 1.67. The van der Waals surface area contributed by atoms with Gasteiger partial charge in [0.25, 0.3) is 5.88 Å². The van der Waals surface area contributed by atoms with Crippen molar-refractivity contribution in [1.82, 2.24) is 4.98 Å². The van der Waals surface area contributed by atoms with Crippen molar-refractivity contribution in [3.63, 3.8) is 0 Å². The van der Waals surface area contributed by atoms with Gasteiger partial charge in [-0.1, -0.05) is 0 Å². The first-order chi connectivity index (χ1) is 4.97. The smallest absolute Gasteiger partial charge is 0.257 e. The Balaban J connectivity index is 2.41. The predicted octanol–water partition coefficient (Wildman–Crippen LogP) is 1.01. The van der Waals surface area contributed by atoms with Gasteiger partial charge in [0.05, 0.1) is 0 Å². The molecule has 0 bridgehead atoms. The third kappa shape index (κ3) is 0.795. The predicted molar refractivity (Wildman–Crippen MR) is 34.7 cm³/mol. The summed E-state index contributed by atoms with van der Waals surface area (Å²) in [6.45, 7) is 2.08. The molecule has 3 heteroatoms. The Hall–Kier alpha value is -1.25. The Bertz CT molecular complexity index is 212. The zero-order valence-corrected chi connectivity index (χ0v) is 5.28. The van der Waals surface area contributed by atoms with Crippen LogP contribution in [0.5, 0.6) is 11.6 Å². The summed E-state index contributed by atoms with van der Waals surface area (Å²) in [4.78, 5) is 3.94. The molecule has 1 radical (unpaired) electrons. The first-order valence-electron chi connectivity index (χ1n) is 3.03. The SMILES string of the molecule is [CH]1COc2cccnc2O1. The summed E-state index contributed by atoms with van der Waals surface area (Å²) in [6, 6.07) is 3.64. The maximum Gasteiger partial charge on any atom is 0.257 e. The molecule has 0 spiro atoms. The van der Waals surface area contributed by atoms with Crippen LogP contribution >= 0.6 is 0 Å². The largest absolute Gasteiger partial charge is 0.484 e. The van der Waals surface area contributed by atoms with E-state index in [0.717, 1.165) is 0 Å². The fourth-order valence-electron chi connectivity index (χ4n) is 0.811. The molecule has 2 heterocycles. The molecule has 3 nitrogen and oxygen atoms in total. The van der Waals surface area contributed by atoms with Crippen LogP contribution in [-0.2, 0) is 0 Å². The lowest BCUT2D eigenvalue weighted by atomic mass is 10.4. The number of aromatic nitrogens is 1. The van der Waals surface area contributed by atoms with E-state index in [-0.39, 0.29) is 0 Å². The normalized spacial score (nSPS) is 14.8. The minimum Gasteiger partial charge on any atom is -0.484 e. The maximum atomic E-state index is 5.18. The van der Waals surface area contributed by atoms with Gasteiger partial charge in [0.2, 0.25) is 0 Å². The van der Waals surface area contributed by atoms with Crippen LogP contribution in [-0.4, -0.2) is 11.6 Å². The van der Waals surface area contributed by atoms with Gasteiger partial charge in [-0.15, -0.1) is 0 Å². The molecule has 0 amide bonds. The van der Waals surface area contributed by atoms with Crippen LogP contribution in [0.1, 0.15) is 0 Å². The lowest BCUT2D eigenvalue weighted by Crippen LogP contribution is -2.10. The van der Waals surface area contributed by atoms with Crippen LogP contribution in [0.25, 0.3) is 0 Å². The van der Waals surface area contributed by atoms with Crippen molar-refractivity contribution in [1.29, 1.82) is 0 Å². The van der Waals surface area contributed by atoms with E-state index >= 15 is 0 Å². The molecular weight excluding hydrogens is 130 g/mol. The standard InChI is InChI=1S/C7H6NO2/c1-2-6-7(8-3-1)10-5-4-9-6/h1-3,5H,4H2. The quantitative estimate of drug-likeness (QED) is 0.533. The van der Waals surface area contributed by atoms with E-state index in [1.165, 1.54) is 0 Å². The third-order valence-corrected chi connectivity index (χ3v) is 1.24. The highest BCUT2D eigenvalue weighted by atomic mass is 16.6. The molecule has 0 saturated carbocycles. The molecule has 2 rings (SSSR count). The van der Waals surface area contributed by atoms with E-state index in [2.05, 4.69) is 4.98 Å². The third-order valence-electron chi connectivity index (χ3n) is 1.24. The summed E-state index contributed by atoms with van der Waals surface area (Å²) >= 11 is 0. The zero-order valence-electron chi connectivity index (χ0n) is 5.28. The van der Waals surface area contributed by atoms with Crippen LogP contribution in [0.15, 0.2) is 18.3 Å². The molecule has 0 atom stereocenters. The van der Waals surface area contributed by atoms with Gasteiger partial charge in [-0.3, -0.25) is 0 Å². The van der Waals surface area contributed by atoms with Gasteiger partial charge in [-0.25, -0.2) is 4.98 Å². The maximum absolute atomic E-state index is 5.18. The van der Waals surface area contributed by atoms with Gasteiger partial charge in [0, 0.05) is 6.20 Å². The molecule has 0 unspecified atom stereocenters. The number of nitrogens with zero attached hydrogens (tertiary/aromatic N) is 1. The van der Waals surface area contributed by atoms with Crippen LogP contribution in [0.2, 0.25) is 0 Å². The van der Waals surface area contributed by atoms with Gasteiger partial charge in [-0.2, -0.15) is 0 Å². The number of hydrogen-bond acceptors (Lipinski definition) is 3. The highest BCUT2D eigenvalue weighted by Gasteiger charge is 2.10. The second-order valence-corrected chi connectivity index (χ2v) is 1.90. The molecule has 1 aliphatic rings. The minimum atomic E-state index is 0.499. The van der Waals surface area contributed by atoms with Gasteiger partial charge < -0.3 is 9.47 Å². The first-order valence-corrected chi connectivity index (χ1v) is 3.03. The number of pyridine rings is 1. The molecule has 0 fully saturated rings. The van der Waals surface area contributed by atoms with Crippen molar-refractivity contribution in [3.8, 4) is 11.6 Å². The summed E-state index contributed by atoms with van der Waals surface area (Å²) in [5.74, 6) is 1.26. The lowest BCUT2D eigenvalue weighted by molar-refractivity contribution is 0.216. The van der Waals surface area contributed by atoms with Gasteiger partial charge in [0.15, 0.2) is 12.4 Å². The number of rotatable bonds is 0. The van der Waals surface area contributed by atoms with Crippen LogP contribution in [0.3, 0.4) is 0 Å². The van der Waals surface area contributed by atoms with Crippen LogP contribution < -0.4 is 9.47 Å². The van der Waals surface area contributed by atoms with Crippen molar-refractivity contribution in [2.24, 2.45) is 0 Å². The van der Waals surface area contributed by atoms with E-state index in [1.54, 1.807) is 12.8 Å². The molecule has 1 aromatic heterocycles. The fraction of sp³-hybridized carbons (Fsp3) is 0.143. The van der Waals surface area contributed by atoms with E-state index < -0.39 is 0 Å². The van der Waals surface area contributed by atoms with Crippen molar-refractivity contribution in [2.75, 3.05) is 6.61 Å². The Kier molecular flexibility index (Phi) is 1.20. The molecule has 0 saturated heterocycles. The molecule has 0 N–H and O–H groups in total. The molecular formula is C7H6NO2. The van der Waals surface area contributed by atoms with Crippen LogP contribution in [0, 0.1) is 6.61 Å². The van der Waals surface area contributed by atoms with Gasteiger partial charge >= 0.3 is 0 Å².